The maximum atomic E-state index is 14.0. The summed E-state index contributed by atoms with van der Waals surface area (Å²) in [5.74, 6) is 2.07. The Kier molecular flexibility index (Phi) is 6.28. The van der Waals surface area contributed by atoms with Gasteiger partial charge in [0.2, 0.25) is 5.91 Å². The standard InChI is InChI=1S/C23H24N2O5.2H2S/c1-24-6-7-27-15(12-24)13-25-18-5-3-2-4-16(18)23(22(25)26)14-30-19-11-21-20(10-17(19)23)28-8-9-29-21;;/h2-5,10-11,15H,6-9,12-14H2,1H3;2*1H2/t15-,23-;;/m0../s1. The van der Waals surface area contributed by atoms with Crippen molar-refractivity contribution in [2.24, 2.45) is 0 Å². The van der Waals surface area contributed by atoms with Gasteiger partial charge in [-0.05, 0) is 24.7 Å². The molecule has 0 unspecified atom stereocenters. The lowest BCUT2D eigenvalue weighted by Crippen LogP contribution is -2.49. The number of nitrogens with zero attached hydrogens (tertiary/aromatic N) is 2. The quantitative estimate of drug-likeness (QED) is 0.661. The second-order valence-electron chi connectivity index (χ2n) is 8.37. The third-order valence-electron chi connectivity index (χ3n) is 6.54. The Morgan fingerprint density at radius 1 is 0.969 bits per heavy atom. The third kappa shape index (κ3) is 3.34. The Morgan fingerprint density at radius 3 is 2.50 bits per heavy atom. The number of anilines is 1. The molecule has 0 N–H and O–H groups in total. The highest BCUT2D eigenvalue weighted by atomic mass is 32.1. The van der Waals surface area contributed by atoms with Crippen LogP contribution in [-0.2, 0) is 14.9 Å². The van der Waals surface area contributed by atoms with Crippen molar-refractivity contribution in [2.45, 2.75) is 11.5 Å². The number of rotatable bonds is 2. The number of benzene rings is 2. The van der Waals surface area contributed by atoms with E-state index in [1.165, 1.54) is 0 Å². The van der Waals surface area contributed by atoms with Crippen molar-refractivity contribution in [1.82, 2.24) is 4.90 Å². The number of morpholine rings is 1. The fourth-order valence-electron chi connectivity index (χ4n) is 5.07. The number of para-hydroxylation sites is 1. The molecule has 4 aliphatic rings. The molecule has 1 amide bonds. The molecule has 2 atom stereocenters. The summed E-state index contributed by atoms with van der Waals surface area (Å²) in [4.78, 5) is 18.1. The zero-order valence-corrected chi connectivity index (χ0v) is 19.9. The first-order valence-corrected chi connectivity index (χ1v) is 10.5. The number of carbonyl (C=O) groups is 1. The van der Waals surface area contributed by atoms with Gasteiger partial charge < -0.3 is 28.7 Å². The molecule has 32 heavy (non-hydrogen) atoms. The summed E-state index contributed by atoms with van der Waals surface area (Å²) in [6, 6.07) is 11.8. The summed E-state index contributed by atoms with van der Waals surface area (Å²) >= 11 is 0. The lowest BCUT2D eigenvalue weighted by atomic mass is 9.77. The molecule has 0 bridgehead atoms. The summed E-state index contributed by atoms with van der Waals surface area (Å²) < 4.78 is 23.5. The molecule has 0 saturated carbocycles. The van der Waals surface area contributed by atoms with E-state index in [0.29, 0.717) is 43.6 Å². The molecule has 1 spiro atoms. The first kappa shape index (κ1) is 23.1. The van der Waals surface area contributed by atoms with E-state index in [1.54, 1.807) is 0 Å². The van der Waals surface area contributed by atoms with Gasteiger partial charge in [-0.15, -0.1) is 0 Å². The van der Waals surface area contributed by atoms with E-state index in [2.05, 4.69) is 11.9 Å². The van der Waals surface area contributed by atoms with Gasteiger partial charge in [0.15, 0.2) is 11.5 Å². The fourth-order valence-corrected chi connectivity index (χ4v) is 5.07. The number of hydrogen-bond donors (Lipinski definition) is 0. The summed E-state index contributed by atoms with van der Waals surface area (Å²) in [6.07, 6.45) is -0.0158. The second kappa shape index (κ2) is 8.70. The van der Waals surface area contributed by atoms with Gasteiger partial charge in [-0.25, -0.2) is 0 Å². The van der Waals surface area contributed by atoms with Crippen LogP contribution in [-0.4, -0.2) is 70.0 Å². The SMILES string of the molecule is CN1CCO[C@H](CN2C(=O)[C@@]3(COc4cc5c(cc43)OCCO5)c3ccccc32)C1.S.S. The van der Waals surface area contributed by atoms with Crippen LogP contribution in [0.15, 0.2) is 36.4 Å². The summed E-state index contributed by atoms with van der Waals surface area (Å²) in [7, 11) is 2.09. The first-order valence-electron chi connectivity index (χ1n) is 10.5. The van der Waals surface area contributed by atoms with Gasteiger partial charge in [-0.3, -0.25) is 4.79 Å². The van der Waals surface area contributed by atoms with Crippen molar-refractivity contribution in [1.29, 1.82) is 0 Å². The van der Waals surface area contributed by atoms with Crippen LogP contribution in [0.5, 0.6) is 17.2 Å². The number of fused-ring (bicyclic) bond motifs is 5. The minimum absolute atomic E-state index is 0. The van der Waals surface area contributed by atoms with Crippen molar-refractivity contribution >= 4 is 38.6 Å². The van der Waals surface area contributed by atoms with Gasteiger partial charge in [0.05, 0.1) is 19.3 Å². The van der Waals surface area contributed by atoms with Gasteiger partial charge in [0.1, 0.15) is 31.0 Å². The molecule has 4 heterocycles. The topological polar surface area (TPSA) is 60.5 Å². The Bertz CT molecular complexity index is 1040. The van der Waals surface area contributed by atoms with Gasteiger partial charge >= 0.3 is 0 Å². The minimum Gasteiger partial charge on any atom is -0.491 e. The van der Waals surface area contributed by atoms with Crippen LogP contribution in [0.4, 0.5) is 5.69 Å². The molecule has 4 aliphatic heterocycles. The van der Waals surface area contributed by atoms with Crippen molar-refractivity contribution in [2.75, 3.05) is 58.0 Å². The second-order valence-corrected chi connectivity index (χ2v) is 8.37. The predicted molar refractivity (Wildman–Crippen MR) is 131 cm³/mol. The molecular weight excluding hydrogens is 448 g/mol. The Balaban J connectivity index is 0.00000122. The molecule has 2 aromatic rings. The largest absolute Gasteiger partial charge is 0.491 e. The number of likely N-dealkylation sites (N-methyl/N-ethyl adjacent to an activating group) is 1. The van der Waals surface area contributed by atoms with E-state index >= 15 is 0 Å². The maximum absolute atomic E-state index is 14.0. The molecule has 0 aliphatic carbocycles. The van der Waals surface area contributed by atoms with E-state index in [-0.39, 0.29) is 45.6 Å². The smallest absolute Gasteiger partial charge is 0.245 e. The molecule has 0 aromatic heterocycles. The van der Waals surface area contributed by atoms with Crippen LogP contribution in [0.25, 0.3) is 0 Å². The summed E-state index contributed by atoms with van der Waals surface area (Å²) in [5, 5.41) is 0. The molecule has 7 nitrogen and oxygen atoms in total. The number of carbonyl (C=O) groups excluding carboxylic acids is 1. The maximum Gasteiger partial charge on any atom is 0.245 e. The van der Waals surface area contributed by atoms with E-state index in [9.17, 15) is 4.79 Å². The van der Waals surface area contributed by atoms with Crippen molar-refractivity contribution in [3.63, 3.8) is 0 Å². The van der Waals surface area contributed by atoms with Crippen LogP contribution in [0.3, 0.4) is 0 Å². The van der Waals surface area contributed by atoms with Crippen LogP contribution < -0.4 is 19.1 Å². The lowest BCUT2D eigenvalue weighted by molar-refractivity contribution is -0.122. The molecule has 1 fully saturated rings. The average molecular weight is 477 g/mol. The Labute approximate surface area is 201 Å². The van der Waals surface area contributed by atoms with E-state index in [0.717, 1.165) is 29.9 Å². The predicted octanol–water partition coefficient (Wildman–Crippen LogP) is 2.04. The highest BCUT2D eigenvalue weighted by Crippen LogP contribution is 2.54. The highest BCUT2D eigenvalue weighted by molar-refractivity contribution is 7.59. The molecular formula is C23H28N2O5S2. The van der Waals surface area contributed by atoms with Crippen molar-refractivity contribution in [3.05, 3.63) is 47.5 Å². The summed E-state index contributed by atoms with van der Waals surface area (Å²) in [6.45, 7) is 4.24. The first-order chi connectivity index (χ1) is 14.7. The lowest BCUT2D eigenvalue weighted by Gasteiger charge is -2.33. The third-order valence-corrected chi connectivity index (χ3v) is 6.54. The Hall–Kier alpha value is -2.07. The van der Waals surface area contributed by atoms with Crippen molar-refractivity contribution < 1.29 is 23.7 Å². The van der Waals surface area contributed by atoms with E-state index < -0.39 is 5.41 Å². The summed E-state index contributed by atoms with van der Waals surface area (Å²) in [5.41, 5.74) is 1.91. The van der Waals surface area contributed by atoms with Crippen LogP contribution in [0.2, 0.25) is 0 Å². The van der Waals surface area contributed by atoms with Gasteiger partial charge in [0, 0.05) is 30.4 Å². The van der Waals surface area contributed by atoms with E-state index in [4.69, 9.17) is 18.9 Å². The zero-order valence-electron chi connectivity index (χ0n) is 17.9. The fraction of sp³-hybridized carbons (Fsp3) is 0.435. The normalized spacial score (nSPS) is 25.5. The molecule has 0 radical (unpaired) electrons. The van der Waals surface area contributed by atoms with E-state index in [1.807, 2.05) is 41.3 Å². The molecule has 6 rings (SSSR count). The van der Waals surface area contributed by atoms with Crippen LogP contribution in [0, 0.1) is 0 Å². The Morgan fingerprint density at radius 2 is 1.72 bits per heavy atom. The van der Waals surface area contributed by atoms with Crippen LogP contribution in [0.1, 0.15) is 11.1 Å². The van der Waals surface area contributed by atoms with Gasteiger partial charge in [-0.2, -0.15) is 27.0 Å². The van der Waals surface area contributed by atoms with Crippen molar-refractivity contribution in [3.8, 4) is 17.2 Å². The van der Waals surface area contributed by atoms with Crippen LogP contribution >= 0.6 is 27.0 Å². The average Bonchev–Trinajstić information content (AvgIpc) is 3.25. The minimum atomic E-state index is -0.859. The van der Waals surface area contributed by atoms with Gasteiger partial charge in [0.25, 0.3) is 0 Å². The number of ether oxygens (including phenoxy) is 4. The molecule has 172 valence electrons. The van der Waals surface area contributed by atoms with Gasteiger partial charge in [-0.1, -0.05) is 18.2 Å². The molecule has 9 heteroatoms. The molecule has 1 saturated heterocycles. The monoisotopic (exact) mass is 476 g/mol. The molecule has 2 aromatic carbocycles. The highest BCUT2D eigenvalue weighted by Gasteiger charge is 2.57. The zero-order chi connectivity index (χ0) is 20.3. The number of hydrogen-bond acceptors (Lipinski definition) is 6. The number of amides is 1.